The summed E-state index contributed by atoms with van der Waals surface area (Å²) < 4.78 is 29.1. The smallest absolute Gasteiger partial charge is 0.240 e. The van der Waals surface area contributed by atoms with Crippen LogP contribution in [0.4, 0.5) is 0 Å². The Balaban J connectivity index is 1.65. The van der Waals surface area contributed by atoms with Crippen LogP contribution in [0.5, 0.6) is 0 Å². The molecule has 0 atom stereocenters. The van der Waals surface area contributed by atoms with Gasteiger partial charge in [-0.25, -0.2) is 13.1 Å². The van der Waals surface area contributed by atoms with Crippen LogP contribution in [0.25, 0.3) is 11.4 Å². The number of sulfonamides is 1. The fourth-order valence-electron chi connectivity index (χ4n) is 2.39. The van der Waals surface area contributed by atoms with Crippen LogP contribution in [0.3, 0.4) is 0 Å². The van der Waals surface area contributed by atoms with Crippen molar-refractivity contribution in [1.82, 2.24) is 19.5 Å². The number of rotatable bonds is 6. The molecular weight excluding hydrogens is 360 g/mol. The number of pyridine rings is 1. The Morgan fingerprint density at radius 1 is 1.12 bits per heavy atom. The van der Waals surface area contributed by atoms with Crippen molar-refractivity contribution in [3.8, 4) is 11.4 Å². The summed E-state index contributed by atoms with van der Waals surface area (Å²) in [4.78, 5) is 4.43. The largest absolute Gasteiger partial charge is 0.271 e. The molecular formula is C17H17ClN4O2S. The second kappa shape index (κ2) is 7.35. The van der Waals surface area contributed by atoms with Gasteiger partial charge >= 0.3 is 0 Å². The molecule has 3 aromatic rings. The summed E-state index contributed by atoms with van der Waals surface area (Å²) in [5, 5.41) is 4.83. The Bertz CT molecular complexity index is 971. The number of nitrogens with zero attached hydrogens (tertiary/aromatic N) is 3. The van der Waals surface area contributed by atoms with Gasteiger partial charge in [0.05, 0.1) is 17.1 Å². The lowest BCUT2D eigenvalue weighted by Gasteiger charge is -2.10. The summed E-state index contributed by atoms with van der Waals surface area (Å²) in [6.45, 7) is 2.31. The number of halogens is 1. The molecule has 3 rings (SSSR count). The van der Waals surface area contributed by atoms with Gasteiger partial charge in [-0.3, -0.25) is 9.67 Å². The molecule has 0 fully saturated rings. The van der Waals surface area contributed by atoms with E-state index in [1.165, 1.54) is 6.07 Å². The molecule has 130 valence electrons. The minimum atomic E-state index is -3.62. The SMILES string of the molecule is Cc1c(Cl)cccc1S(=O)(=O)NCCn1ccc(-c2ccccn2)n1. The van der Waals surface area contributed by atoms with Crippen LogP contribution < -0.4 is 4.72 Å². The molecule has 0 aliphatic heterocycles. The molecule has 8 heteroatoms. The van der Waals surface area contributed by atoms with Gasteiger partial charge in [0.15, 0.2) is 0 Å². The second-order valence-corrected chi connectivity index (χ2v) is 7.58. The Morgan fingerprint density at radius 3 is 2.72 bits per heavy atom. The molecule has 0 saturated heterocycles. The van der Waals surface area contributed by atoms with Crippen molar-refractivity contribution in [2.75, 3.05) is 6.54 Å². The lowest BCUT2D eigenvalue weighted by Crippen LogP contribution is -2.28. The molecule has 1 aromatic carbocycles. The van der Waals surface area contributed by atoms with Gasteiger partial charge < -0.3 is 0 Å². The molecule has 0 bridgehead atoms. The van der Waals surface area contributed by atoms with Crippen LogP contribution in [-0.2, 0) is 16.6 Å². The first-order chi connectivity index (χ1) is 12.0. The highest BCUT2D eigenvalue weighted by Gasteiger charge is 2.17. The maximum atomic E-state index is 12.4. The fraction of sp³-hybridized carbons (Fsp3) is 0.176. The predicted octanol–water partition coefficient (Wildman–Crippen LogP) is 2.89. The molecule has 6 nitrogen and oxygen atoms in total. The average molecular weight is 377 g/mol. The molecule has 25 heavy (non-hydrogen) atoms. The summed E-state index contributed by atoms with van der Waals surface area (Å²) in [6.07, 6.45) is 3.50. The highest BCUT2D eigenvalue weighted by molar-refractivity contribution is 7.89. The summed E-state index contributed by atoms with van der Waals surface area (Å²) in [6, 6.07) is 12.3. The molecule has 0 saturated carbocycles. The van der Waals surface area contributed by atoms with E-state index in [0.29, 0.717) is 17.1 Å². The van der Waals surface area contributed by atoms with E-state index in [9.17, 15) is 8.42 Å². The van der Waals surface area contributed by atoms with Gasteiger partial charge in [-0.15, -0.1) is 0 Å². The van der Waals surface area contributed by atoms with E-state index in [-0.39, 0.29) is 11.4 Å². The molecule has 0 unspecified atom stereocenters. The quantitative estimate of drug-likeness (QED) is 0.717. The minimum Gasteiger partial charge on any atom is -0.271 e. The Morgan fingerprint density at radius 2 is 1.96 bits per heavy atom. The van der Waals surface area contributed by atoms with Gasteiger partial charge in [-0.1, -0.05) is 23.7 Å². The Labute approximate surface area is 151 Å². The topological polar surface area (TPSA) is 76.9 Å². The first-order valence-electron chi connectivity index (χ1n) is 7.67. The summed E-state index contributed by atoms with van der Waals surface area (Å²) in [7, 11) is -3.62. The number of nitrogens with one attached hydrogen (secondary N) is 1. The highest BCUT2D eigenvalue weighted by Crippen LogP contribution is 2.22. The van der Waals surface area contributed by atoms with Gasteiger partial charge in [0.1, 0.15) is 5.69 Å². The number of aromatic nitrogens is 3. The zero-order valence-electron chi connectivity index (χ0n) is 13.6. The van der Waals surface area contributed by atoms with Crippen molar-refractivity contribution < 1.29 is 8.42 Å². The number of benzene rings is 1. The van der Waals surface area contributed by atoms with Crippen molar-refractivity contribution in [1.29, 1.82) is 0 Å². The summed E-state index contributed by atoms with van der Waals surface area (Å²) in [5.74, 6) is 0. The standard InChI is InChI=1S/C17H17ClN4O2S/c1-13-14(18)5-4-7-17(13)25(23,24)20-10-12-22-11-8-16(21-22)15-6-2-3-9-19-15/h2-9,11,20H,10,12H2,1H3. The third-order valence-corrected chi connectivity index (χ3v) is 5.72. The average Bonchev–Trinajstić information content (AvgIpc) is 3.07. The van der Waals surface area contributed by atoms with Crippen molar-refractivity contribution >= 4 is 21.6 Å². The maximum Gasteiger partial charge on any atom is 0.240 e. The van der Waals surface area contributed by atoms with Gasteiger partial charge in [-0.05, 0) is 42.8 Å². The third-order valence-electron chi connectivity index (χ3n) is 3.71. The lowest BCUT2D eigenvalue weighted by molar-refractivity contribution is 0.561. The molecule has 2 aromatic heterocycles. The molecule has 0 aliphatic rings. The van der Waals surface area contributed by atoms with Crippen molar-refractivity contribution in [3.05, 3.63) is 65.4 Å². The highest BCUT2D eigenvalue weighted by atomic mass is 35.5. The van der Waals surface area contributed by atoms with Gasteiger partial charge in [0.2, 0.25) is 10.0 Å². The second-order valence-electron chi connectivity index (χ2n) is 5.44. The normalized spacial score (nSPS) is 11.6. The first-order valence-corrected chi connectivity index (χ1v) is 9.53. The molecule has 0 spiro atoms. The Kier molecular flexibility index (Phi) is 5.17. The van der Waals surface area contributed by atoms with Crippen LogP contribution in [-0.4, -0.2) is 29.7 Å². The van der Waals surface area contributed by atoms with E-state index in [0.717, 1.165) is 11.4 Å². The van der Waals surface area contributed by atoms with Crippen LogP contribution in [0.1, 0.15) is 5.56 Å². The van der Waals surface area contributed by atoms with Gasteiger partial charge in [0.25, 0.3) is 0 Å². The number of hydrogen-bond acceptors (Lipinski definition) is 4. The van der Waals surface area contributed by atoms with E-state index < -0.39 is 10.0 Å². The fourth-order valence-corrected chi connectivity index (χ4v) is 3.91. The van der Waals surface area contributed by atoms with E-state index in [1.54, 1.807) is 36.1 Å². The Hall–Kier alpha value is -2.22. The predicted molar refractivity (Wildman–Crippen MR) is 96.8 cm³/mol. The maximum absolute atomic E-state index is 12.4. The van der Waals surface area contributed by atoms with E-state index in [1.807, 2.05) is 24.3 Å². The molecule has 0 radical (unpaired) electrons. The van der Waals surface area contributed by atoms with E-state index >= 15 is 0 Å². The zero-order valence-corrected chi connectivity index (χ0v) is 15.1. The van der Waals surface area contributed by atoms with Crippen LogP contribution >= 0.6 is 11.6 Å². The molecule has 0 aliphatic carbocycles. The molecule has 0 amide bonds. The van der Waals surface area contributed by atoms with Crippen molar-refractivity contribution in [2.24, 2.45) is 0 Å². The van der Waals surface area contributed by atoms with E-state index in [4.69, 9.17) is 11.6 Å². The molecule has 2 heterocycles. The van der Waals surface area contributed by atoms with Crippen LogP contribution in [0.2, 0.25) is 5.02 Å². The van der Waals surface area contributed by atoms with Crippen LogP contribution in [0.15, 0.2) is 59.8 Å². The zero-order chi connectivity index (χ0) is 17.9. The summed E-state index contributed by atoms with van der Waals surface area (Å²) in [5.41, 5.74) is 2.05. The van der Waals surface area contributed by atoms with Gasteiger partial charge in [-0.2, -0.15) is 5.10 Å². The van der Waals surface area contributed by atoms with Crippen molar-refractivity contribution in [3.63, 3.8) is 0 Å². The van der Waals surface area contributed by atoms with Crippen molar-refractivity contribution in [2.45, 2.75) is 18.4 Å². The third kappa shape index (κ3) is 4.07. The lowest BCUT2D eigenvalue weighted by atomic mass is 10.2. The molecule has 1 N–H and O–H groups in total. The number of hydrogen-bond donors (Lipinski definition) is 1. The minimum absolute atomic E-state index is 0.189. The monoisotopic (exact) mass is 376 g/mol. The van der Waals surface area contributed by atoms with Gasteiger partial charge in [0, 0.05) is 24.0 Å². The van der Waals surface area contributed by atoms with Crippen LogP contribution in [0, 0.1) is 6.92 Å². The van der Waals surface area contributed by atoms with E-state index in [2.05, 4.69) is 14.8 Å². The first kappa shape index (κ1) is 17.6. The summed E-state index contributed by atoms with van der Waals surface area (Å²) >= 11 is 6.00.